The number of phosphoric ester groups is 1. The number of rotatable bonds is 9. The Bertz CT molecular complexity index is 868. The van der Waals surface area contributed by atoms with Crippen molar-refractivity contribution >= 4 is 31.5 Å². The fraction of sp³-hybridized carbons (Fsp3) is 0.538. The Kier molecular flexibility index (Phi) is 7.14. The van der Waals surface area contributed by atoms with E-state index in [1.165, 1.54) is 0 Å². The lowest BCUT2D eigenvalue weighted by molar-refractivity contribution is -0.145. The quantitative estimate of drug-likeness (QED) is 0.171. The maximum atomic E-state index is 12.2. The lowest BCUT2D eigenvalue weighted by Gasteiger charge is -2.18. The fourth-order valence-electron chi connectivity index (χ4n) is 2.62. The molecule has 1 amide bonds. The van der Waals surface area contributed by atoms with Crippen molar-refractivity contribution in [1.29, 1.82) is 0 Å². The Morgan fingerprint density at radius 1 is 1.30 bits per heavy atom. The van der Waals surface area contributed by atoms with E-state index in [1.807, 2.05) is 5.32 Å². The third-order valence-corrected chi connectivity index (χ3v) is 4.53. The number of carboxylic acid groups (broad SMARTS) is 2. The largest absolute Gasteiger partial charge is 0.481 e. The highest BCUT2D eigenvalue weighted by Gasteiger charge is 2.45. The van der Waals surface area contributed by atoms with Crippen LogP contribution in [0.15, 0.2) is 6.33 Å². The Morgan fingerprint density at radius 2 is 1.93 bits per heavy atom. The van der Waals surface area contributed by atoms with E-state index in [1.54, 1.807) is 0 Å². The molecule has 1 aliphatic rings. The lowest BCUT2D eigenvalue weighted by atomic mass is 10.1. The van der Waals surface area contributed by atoms with Crippen LogP contribution in [0.25, 0.3) is 0 Å². The molecule has 17 heteroatoms. The zero-order valence-corrected chi connectivity index (χ0v) is 15.8. The highest BCUT2D eigenvalue weighted by molar-refractivity contribution is 7.46. The average Bonchev–Trinajstić information content (AvgIpc) is 3.12. The summed E-state index contributed by atoms with van der Waals surface area (Å²) in [6.45, 7) is -0.767. The summed E-state index contributed by atoms with van der Waals surface area (Å²) >= 11 is 0. The van der Waals surface area contributed by atoms with Crippen LogP contribution < -0.4 is 11.1 Å². The van der Waals surface area contributed by atoms with Gasteiger partial charge in [0.05, 0.1) is 19.4 Å². The minimum absolute atomic E-state index is 0.417. The number of nitrogens with two attached hydrogens (primary N) is 1. The first-order valence-electron chi connectivity index (χ1n) is 8.11. The van der Waals surface area contributed by atoms with Crippen LogP contribution in [0.3, 0.4) is 0 Å². The second kappa shape index (κ2) is 9.05. The molecule has 2 rings (SSSR count). The molecule has 5 atom stereocenters. The van der Waals surface area contributed by atoms with Crippen LogP contribution in [-0.4, -0.2) is 88.6 Å². The molecule has 30 heavy (non-hydrogen) atoms. The van der Waals surface area contributed by atoms with Crippen LogP contribution in [-0.2, 0) is 23.4 Å². The summed E-state index contributed by atoms with van der Waals surface area (Å²) < 4.78 is 21.2. The van der Waals surface area contributed by atoms with Gasteiger partial charge in [-0.25, -0.2) is 14.3 Å². The summed E-state index contributed by atoms with van der Waals surface area (Å²) in [5.41, 5.74) is 5.27. The number of hydrogen-bond donors (Lipinski definition) is 8. The molecular weight excluding hydrogens is 435 g/mol. The molecule has 0 radical (unpaired) electrons. The third kappa shape index (κ3) is 5.51. The summed E-state index contributed by atoms with van der Waals surface area (Å²) in [6, 6.07) is -1.76. The predicted octanol–water partition coefficient (Wildman–Crippen LogP) is -3.15. The monoisotopic (exact) mass is 454 g/mol. The van der Waals surface area contributed by atoms with E-state index in [-0.39, 0.29) is 0 Å². The lowest BCUT2D eigenvalue weighted by Crippen LogP contribution is -2.42. The van der Waals surface area contributed by atoms with Crippen LogP contribution >= 0.6 is 7.82 Å². The predicted molar refractivity (Wildman–Crippen MR) is 91.7 cm³/mol. The molecule has 168 valence electrons. The molecule has 2 heterocycles. The molecule has 0 bridgehead atoms. The summed E-state index contributed by atoms with van der Waals surface area (Å²) in [5.74, 6) is -4.61. The molecular formula is C13H19N4O12P. The number of imidazole rings is 1. The topological polar surface area (TPSA) is 264 Å². The van der Waals surface area contributed by atoms with Gasteiger partial charge < -0.3 is 46.0 Å². The van der Waals surface area contributed by atoms with Crippen molar-refractivity contribution in [3.05, 3.63) is 12.0 Å². The number of carbonyl (C=O) groups excluding carboxylic acids is 1. The molecule has 16 nitrogen and oxygen atoms in total. The van der Waals surface area contributed by atoms with Crippen molar-refractivity contribution in [3.63, 3.8) is 0 Å². The fourth-order valence-corrected chi connectivity index (χ4v) is 2.96. The number of amides is 1. The number of phosphoric acid groups is 1. The number of aromatic nitrogens is 2. The van der Waals surface area contributed by atoms with Crippen molar-refractivity contribution in [2.45, 2.75) is 37.0 Å². The van der Waals surface area contributed by atoms with Crippen LogP contribution in [0.1, 0.15) is 23.1 Å². The smallest absolute Gasteiger partial charge is 0.469 e. The number of nitrogens with one attached hydrogen (secondary N) is 1. The van der Waals surface area contributed by atoms with E-state index >= 15 is 0 Å². The standard InChI is InChI=1S/C13H19N4O12P/c14-10-7(11(22)16-4(13(23)24)1-6(18)19)15-3-17(10)12-9(21)8(20)5(29-12)2-28-30(25,26)27/h3-5,8-9,12,20-21H,1-2,14H2,(H,16,22)(H,18,19)(H,23,24)(H2,25,26,27)/t4-,5+,8-,9?,12+/m0/s1. The summed E-state index contributed by atoms with van der Waals surface area (Å²) in [6.07, 6.45) is -6.03. The van der Waals surface area contributed by atoms with Crippen LogP contribution in [0.2, 0.25) is 0 Å². The third-order valence-electron chi connectivity index (χ3n) is 4.05. The molecule has 1 aromatic rings. The Balaban J connectivity index is 2.16. The number of carbonyl (C=O) groups is 3. The molecule has 0 saturated carbocycles. The number of nitrogens with zero attached hydrogens (tertiary/aromatic N) is 2. The SMILES string of the molecule is Nc1c(C(=O)N[C@@H](CC(=O)O)C(=O)O)ncn1[C@@H]1O[C@H](COP(=O)(O)O)[C@H](O)C1O. The number of hydrogen-bond acceptors (Lipinski definition) is 10. The Labute approximate surface area is 167 Å². The first kappa shape index (κ1) is 23.7. The number of aliphatic hydroxyl groups is 2. The molecule has 9 N–H and O–H groups in total. The molecule has 1 fully saturated rings. The van der Waals surface area contributed by atoms with Crippen LogP contribution in [0.4, 0.5) is 5.82 Å². The van der Waals surface area contributed by atoms with Gasteiger partial charge in [0.1, 0.15) is 30.2 Å². The van der Waals surface area contributed by atoms with Crippen LogP contribution in [0.5, 0.6) is 0 Å². The van der Waals surface area contributed by atoms with Gasteiger partial charge in [0.2, 0.25) is 0 Å². The maximum Gasteiger partial charge on any atom is 0.469 e. The summed E-state index contributed by atoms with van der Waals surface area (Å²) in [7, 11) is -4.87. The molecule has 0 aromatic carbocycles. The number of carboxylic acids is 2. The number of ether oxygens (including phenoxy) is 1. The minimum atomic E-state index is -4.87. The summed E-state index contributed by atoms with van der Waals surface area (Å²) in [5, 5.41) is 39.7. The minimum Gasteiger partial charge on any atom is -0.481 e. The van der Waals surface area contributed by atoms with E-state index in [0.29, 0.717) is 0 Å². The Morgan fingerprint density at radius 3 is 2.47 bits per heavy atom. The molecule has 1 unspecified atom stereocenters. The van der Waals surface area contributed by atoms with Gasteiger partial charge in [-0.15, -0.1) is 0 Å². The van der Waals surface area contributed by atoms with Crippen molar-refractivity contribution in [3.8, 4) is 0 Å². The van der Waals surface area contributed by atoms with Gasteiger partial charge in [0, 0.05) is 0 Å². The molecule has 0 aliphatic carbocycles. The number of nitrogen functional groups attached to an aromatic ring is 1. The van der Waals surface area contributed by atoms with Gasteiger partial charge >= 0.3 is 19.8 Å². The number of aliphatic carboxylic acids is 2. The molecule has 1 saturated heterocycles. The van der Waals surface area contributed by atoms with Gasteiger partial charge in [-0.1, -0.05) is 0 Å². The van der Waals surface area contributed by atoms with E-state index < -0.39 is 80.8 Å². The average molecular weight is 454 g/mol. The van der Waals surface area contributed by atoms with Crippen LogP contribution in [0, 0.1) is 0 Å². The molecule has 1 aliphatic heterocycles. The van der Waals surface area contributed by atoms with E-state index in [2.05, 4.69) is 9.51 Å². The van der Waals surface area contributed by atoms with E-state index in [4.69, 9.17) is 30.5 Å². The highest BCUT2D eigenvalue weighted by atomic mass is 31.2. The second-order valence-electron chi connectivity index (χ2n) is 6.18. The zero-order chi connectivity index (χ0) is 22.8. The Hall–Kier alpha value is -2.59. The van der Waals surface area contributed by atoms with Gasteiger partial charge in [-0.05, 0) is 0 Å². The number of aliphatic hydroxyl groups excluding tert-OH is 2. The van der Waals surface area contributed by atoms with Gasteiger partial charge in [0.15, 0.2) is 11.9 Å². The molecule has 0 spiro atoms. The number of anilines is 1. The van der Waals surface area contributed by atoms with Crippen molar-refractivity contribution < 1.29 is 58.4 Å². The van der Waals surface area contributed by atoms with Crippen molar-refractivity contribution in [2.24, 2.45) is 0 Å². The highest BCUT2D eigenvalue weighted by Crippen LogP contribution is 2.38. The second-order valence-corrected chi connectivity index (χ2v) is 7.42. The van der Waals surface area contributed by atoms with Gasteiger partial charge in [-0.3, -0.25) is 18.7 Å². The maximum absolute atomic E-state index is 12.2. The van der Waals surface area contributed by atoms with E-state index in [9.17, 15) is 29.2 Å². The first-order chi connectivity index (χ1) is 13.8. The van der Waals surface area contributed by atoms with Crippen molar-refractivity contribution in [1.82, 2.24) is 14.9 Å². The normalized spacial score (nSPS) is 25.1. The van der Waals surface area contributed by atoms with Gasteiger partial charge in [-0.2, -0.15) is 0 Å². The van der Waals surface area contributed by atoms with Gasteiger partial charge in [0.25, 0.3) is 5.91 Å². The molecule has 1 aromatic heterocycles. The summed E-state index contributed by atoms with van der Waals surface area (Å²) in [4.78, 5) is 55.1. The van der Waals surface area contributed by atoms with E-state index in [0.717, 1.165) is 10.9 Å². The first-order valence-corrected chi connectivity index (χ1v) is 9.64. The van der Waals surface area contributed by atoms with Crippen molar-refractivity contribution in [2.75, 3.05) is 12.3 Å². The zero-order valence-electron chi connectivity index (χ0n) is 14.9.